The molecule has 0 bridgehead atoms. The van der Waals surface area contributed by atoms with Gasteiger partial charge in [0.05, 0.1) is 5.69 Å². The molecule has 0 radical (unpaired) electrons. The zero-order valence-corrected chi connectivity index (χ0v) is 12.8. The number of carbonyl (C=O) groups is 1. The lowest BCUT2D eigenvalue weighted by Crippen LogP contribution is -2.24. The molecule has 0 saturated heterocycles. The van der Waals surface area contributed by atoms with E-state index in [1.807, 2.05) is 18.2 Å². The maximum absolute atomic E-state index is 11.6. The average molecular weight is 309 g/mol. The zero-order valence-electron chi connectivity index (χ0n) is 12.8. The number of aliphatic hydroxyl groups excluding tert-OH is 1. The summed E-state index contributed by atoms with van der Waals surface area (Å²) in [6.07, 6.45) is 5.92. The van der Waals surface area contributed by atoms with Gasteiger partial charge in [0, 0.05) is 18.3 Å². The minimum atomic E-state index is -0.561. The second-order valence-electron chi connectivity index (χ2n) is 4.95. The van der Waals surface area contributed by atoms with Crippen molar-refractivity contribution in [1.82, 2.24) is 15.3 Å². The Balaban J connectivity index is 2.01. The third-order valence-corrected chi connectivity index (χ3v) is 3.18. The van der Waals surface area contributed by atoms with Crippen molar-refractivity contribution in [3.05, 3.63) is 78.1 Å². The molecule has 0 atom stereocenters. The number of nitrogens with one attached hydrogen (secondary N) is 1. The van der Waals surface area contributed by atoms with Crippen LogP contribution in [-0.4, -0.2) is 27.5 Å². The summed E-state index contributed by atoms with van der Waals surface area (Å²) in [5.41, 5.74) is 2.58. The lowest BCUT2D eigenvalue weighted by molar-refractivity contribution is -0.119. The minimum Gasteiger partial charge on any atom is -0.503 e. The average Bonchev–Trinajstić information content (AvgIpc) is 2.59. The molecule has 2 aromatic rings. The summed E-state index contributed by atoms with van der Waals surface area (Å²) in [4.78, 5) is 19.9. The third kappa shape index (κ3) is 5.39. The van der Waals surface area contributed by atoms with Gasteiger partial charge in [-0.25, -0.2) is 9.97 Å². The van der Waals surface area contributed by atoms with Gasteiger partial charge in [-0.05, 0) is 24.5 Å². The first kappa shape index (κ1) is 16.4. The summed E-state index contributed by atoms with van der Waals surface area (Å²) in [7, 11) is 0. The Morgan fingerprint density at radius 3 is 2.74 bits per heavy atom. The van der Waals surface area contributed by atoms with Crippen LogP contribution in [0.4, 0.5) is 0 Å². The fraction of sp³-hybridized carbons (Fsp3) is 0.167. The number of benzene rings is 1. The van der Waals surface area contributed by atoms with Crippen molar-refractivity contribution in [3.8, 4) is 0 Å². The molecule has 0 unspecified atom stereocenters. The van der Waals surface area contributed by atoms with E-state index in [1.165, 1.54) is 24.0 Å². The molecule has 1 aromatic heterocycles. The summed E-state index contributed by atoms with van der Waals surface area (Å²) in [5.74, 6) is -0.950. The first-order chi connectivity index (χ1) is 11.2. The second-order valence-corrected chi connectivity index (χ2v) is 4.95. The predicted octanol–water partition coefficient (Wildman–Crippen LogP) is 2.46. The van der Waals surface area contributed by atoms with E-state index < -0.39 is 5.91 Å². The fourth-order valence-electron chi connectivity index (χ4n) is 2.01. The van der Waals surface area contributed by atoms with Crippen molar-refractivity contribution in [2.45, 2.75) is 12.8 Å². The van der Waals surface area contributed by atoms with Crippen molar-refractivity contribution in [2.75, 3.05) is 6.54 Å². The third-order valence-electron chi connectivity index (χ3n) is 3.18. The molecule has 0 aliphatic heterocycles. The summed E-state index contributed by atoms with van der Waals surface area (Å²) in [6.45, 7) is 3.79. The lowest BCUT2D eigenvalue weighted by atomic mass is 10.1. The molecule has 1 heterocycles. The summed E-state index contributed by atoms with van der Waals surface area (Å²) in [6, 6.07) is 11.9. The molecule has 1 aromatic carbocycles. The van der Waals surface area contributed by atoms with Crippen molar-refractivity contribution in [2.24, 2.45) is 0 Å². The van der Waals surface area contributed by atoms with Crippen molar-refractivity contribution >= 4 is 12.0 Å². The number of rotatable bonds is 7. The summed E-state index contributed by atoms with van der Waals surface area (Å²) in [5, 5.41) is 12.2. The summed E-state index contributed by atoms with van der Waals surface area (Å²) >= 11 is 0. The van der Waals surface area contributed by atoms with Crippen molar-refractivity contribution in [1.29, 1.82) is 0 Å². The Morgan fingerprint density at radius 1 is 1.22 bits per heavy atom. The standard InChI is InChI=1S/C18H19N3O2/c1-2-10-19-18(23)17(22)12-16-11-15(20-13-21-16)9-8-14-6-4-3-5-7-14/h2-7,11-13,22H,1,8-10H2,(H,19,23)/b17-12-. The van der Waals surface area contributed by atoms with Gasteiger partial charge in [-0.15, -0.1) is 6.58 Å². The molecule has 0 aliphatic carbocycles. The largest absolute Gasteiger partial charge is 0.503 e. The predicted molar refractivity (Wildman–Crippen MR) is 89.7 cm³/mol. The number of aromatic nitrogens is 2. The molecule has 0 saturated carbocycles. The van der Waals surface area contributed by atoms with Crippen LogP contribution in [-0.2, 0) is 17.6 Å². The first-order valence-electron chi connectivity index (χ1n) is 7.33. The van der Waals surface area contributed by atoms with E-state index in [-0.39, 0.29) is 5.76 Å². The highest BCUT2D eigenvalue weighted by atomic mass is 16.3. The Labute approximate surface area is 135 Å². The number of amides is 1. The number of hydrogen-bond donors (Lipinski definition) is 2. The topological polar surface area (TPSA) is 75.1 Å². The Bertz CT molecular complexity index is 696. The van der Waals surface area contributed by atoms with Crippen molar-refractivity contribution < 1.29 is 9.90 Å². The van der Waals surface area contributed by atoms with Gasteiger partial charge in [-0.3, -0.25) is 4.79 Å². The van der Waals surface area contributed by atoms with E-state index >= 15 is 0 Å². The lowest BCUT2D eigenvalue weighted by Gasteiger charge is -2.03. The van der Waals surface area contributed by atoms with E-state index in [0.717, 1.165) is 18.5 Å². The highest BCUT2D eigenvalue weighted by Crippen LogP contribution is 2.08. The SMILES string of the molecule is C=CCNC(=O)/C(O)=C/c1cc(CCc2ccccc2)ncn1. The molecule has 0 spiro atoms. The van der Waals surface area contributed by atoms with E-state index in [9.17, 15) is 9.90 Å². The highest BCUT2D eigenvalue weighted by Gasteiger charge is 2.07. The van der Waals surface area contributed by atoms with Gasteiger partial charge < -0.3 is 10.4 Å². The van der Waals surface area contributed by atoms with Crippen LogP contribution in [0.3, 0.4) is 0 Å². The molecular weight excluding hydrogens is 290 g/mol. The Hall–Kier alpha value is -2.95. The molecule has 0 aliphatic rings. The van der Waals surface area contributed by atoms with Crippen LogP contribution < -0.4 is 5.32 Å². The quantitative estimate of drug-likeness (QED) is 0.468. The molecule has 0 fully saturated rings. The molecular formula is C18H19N3O2. The van der Waals surface area contributed by atoms with Gasteiger partial charge in [0.1, 0.15) is 6.33 Å². The van der Waals surface area contributed by atoms with Crippen LogP contribution >= 0.6 is 0 Å². The maximum Gasteiger partial charge on any atom is 0.286 e. The molecule has 118 valence electrons. The van der Waals surface area contributed by atoms with Gasteiger partial charge in [0.2, 0.25) is 0 Å². The number of carbonyl (C=O) groups excluding carboxylic acids is 1. The molecule has 2 N–H and O–H groups in total. The highest BCUT2D eigenvalue weighted by molar-refractivity contribution is 5.95. The van der Waals surface area contributed by atoms with E-state index in [2.05, 4.69) is 34.0 Å². The number of aliphatic hydroxyl groups is 1. The Kier molecular flexibility index (Phi) is 6.06. The molecule has 5 heteroatoms. The van der Waals surface area contributed by atoms with E-state index in [1.54, 1.807) is 6.07 Å². The molecule has 23 heavy (non-hydrogen) atoms. The van der Waals surface area contributed by atoms with Crippen LogP contribution in [0.1, 0.15) is 17.0 Å². The summed E-state index contributed by atoms with van der Waals surface area (Å²) < 4.78 is 0. The van der Waals surface area contributed by atoms with E-state index in [0.29, 0.717) is 12.2 Å². The molecule has 2 rings (SSSR count). The Morgan fingerprint density at radius 2 is 2.00 bits per heavy atom. The van der Waals surface area contributed by atoms with Gasteiger partial charge in [-0.2, -0.15) is 0 Å². The monoisotopic (exact) mass is 309 g/mol. The number of hydrogen-bond acceptors (Lipinski definition) is 4. The number of aryl methyl sites for hydroxylation is 2. The van der Waals surface area contributed by atoms with Crippen LogP contribution in [0.5, 0.6) is 0 Å². The molecule has 5 nitrogen and oxygen atoms in total. The number of nitrogens with zero attached hydrogens (tertiary/aromatic N) is 2. The van der Waals surface area contributed by atoms with Gasteiger partial charge in [0.25, 0.3) is 5.91 Å². The van der Waals surface area contributed by atoms with Crippen molar-refractivity contribution in [3.63, 3.8) is 0 Å². The van der Waals surface area contributed by atoms with Gasteiger partial charge >= 0.3 is 0 Å². The maximum atomic E-state index is 11.6. The van der Waals surface area contributed by atoms with Crippen LogP contribution in [0.25, 0.3) is 6.08 Å². The smallest absolute Gasteiger partial charge is 0.286 e. The minimum absolute atomic E-state index is 0.294. The van der Waals surface area contributed by atoms with E-state index in [4.69, 9.17) is 0 Å². The zero-order chi connectivity index (χ0) is 16.5. The van der Waals surface area contributed by atoms with Gasteiger partial charge in [-0.1, -0.05) is 36.4 Å². The molecule has 1 amide bonds. The second kappa shape index (κ2) is 8.48. The first-order valence-corrected chi connectivity index (χ1v) is 7.33. The van der Waals surface area contributed by atoms with Crippen LogP contribution in [0, 0.1) is 0 Å². The fourth-order valence-corrected chi connectivity index (χ4v) is 2.01. The van der Waals surface area contributed by atoms with Crippen LogP contribution in [0.2, 0.25) is 0 Å². The van der Waals surface area contributed by atoms with Gasteiger partial charge in [0.15, 0.2) is 5.76 Å². The normalized spacial score (nSPS) is 11.0. The van der Waals surface area contributed by atoms with Crippen LogP contribution in [0.15, 0.2) is 61.1 Å².